The Morgan fingerprint density at radius 3 is 2.80 bits per heavy atom. The minimum atomic E-state index is -2.97. The summed E-state index contributed by atoms with van der Waals surface area (Å²) in [4.78, 5) is 10.4. The van der Waals surface area contributed by atoms with E-state index in [0.29, 0.717) is 13.0 Å². The number of nitro benzene ring substituents is 1. The number of nitrogens with zero attached hydrogens (tertiary/aromatic N) is 1. The Kier molecular flexibility index (Phi) is 4.39. The number of hydrogen-bond acceptors (Lipinski definition) is 5. The molecule has 0 aliphatic carbocycles. The van der Waals surface area contributed by atoms with Gasteiger partial charge in [-0.15, -0.1) is 0 Å². The van der Waals surface area contributed by atoms with Gasteiger partial charge in [0.1, 0.15) is 0 Å². The first-order valence-corrected chi connectivity index (χ1v) is 8.43. The van der Waals surface area contributed by atoms with Crippen molar-refractivity contribution in [1.29, 1.82) is 0 Å². The van der Waals surface area contributed by atoms with E-state index in [1.54, 1.807) is 6.07 Å². The van der Waals surface area contributed by atoms with E-state index >= 15 is 0 Å². The van der Waals surface area contributed by atoms with Crippen molar-refractivity contribution in [2.24, 2.45) is 5.92 Å². The molecule has 1 N–H and O–H groups in total. The van der Waals surface area contributed by atoms with Gasteiger partial charge >= 0.3 is 0 Å². The molecule has 1 saturated heterocycles. The van der Waals surface area contributed by atoms with Crippen molar-refractivity contribution in [3.05, 3.63) is 39.9 Å². The highest BCUT2D eigenvalue weighted by Gasteiger charge is 2.34. The average molecular weight is 298 g/mol. The van der Waals surface area contributed by atoms with Crippen molar-refractivity contribution >= 4 is 15.5 Å². The van der Waals surface area contributed by atoms with E-state index in [0.717, 1.165) is 5.56 Å². The van der Waals surface area contributed by atoms with Gasteiger partial charge in [0.25, 0.3) is 5.69 Å². The summed E-state index contributed by atoms with van der Waals surface area (Å²) in [6.45, 7) is 2.62. The van der Waals surface area contributed by atoms with Gasteiger partial charge in [0.05, 0.1) is 16.4 Å². The second kappa shape index (κ2) is 5.88. The molecular formula is C13H18N2O4S. The number of hydrogen-bond donors (Lipinski definition) is 1. The fourth-order valence-electron chi connectivity index (χ4n) is 2.70. The third-order valence-corrected chi connectivity index (χ3v) is 5.40. The van der Waals surface area contributed by atoms with Gasteiger partial charge in [-0.3, -0.25) is 10.1 Å². The lowest BCUT2D eigenvalue weighted by Crippen LogP contribution is -2.29. The number of sulfone groups is 1. The van der Waals surface area contributed by atoms with Crippen molar-refractivity contribution in [2.75, 3.05) is 18.1 Å². The standard InChI is InChI=1S/C13H18N2O4S/c1-2-14-13(11-6-7-20(18,19)9-11)10-4-3-5-12(8-10)15(16)17/h3-5,8,11,13-14H,2,6-7,9H2,1H3. The monoisotopic (exact) mass is 298 g/mol. The summed E-state index contributed by atoms with van der Waals surface area (Å²) in [6.07, 6.45) is 0.600. The fraction of sp³-hybridized carbons (Fsp3) is 0.538. The molecule has 1 aromatic carbocycles. The Labute approximate surface area is 118 Å². The Morgan fingerprint density at radius 1 is 1.50 bits per heavy atom. The molecule has 2 rings (SSSR count). The quantitative estimate of drug-likeness (QED) is 0.660. The first-order valence-electron chi connectivity index (χ1n) is 6.61. The molecule has 2 atom stereocenters. The largest absolute Gasteiger partial charge is 0.310 e. The molecule has 6 nitrogen and oxygen atoms in total. The van der Waals surface area contributed by atoms with Crippen LogP contribution in [0, 0.1) is 16.0 Å². The zero-order valence-corrected chi connectivity index (χ0v) is 12.1. The lowest BCUT2D eigenvalue weighted by atomic mass is 9.92. The van der Waals surface area contributed by atoms with Crippen LogP contribution in [0.25, 0.3) is 0 Å². The van der Waals surface area contributed by atoms with Crippen LogP contribution in [0.3, 0.4) is 0 Å². The SMILES string of the molecule is CCNC(c1cccc([N+](=O)[O-])c1)C1CCS(=O)(=O)C1. The molecule has 1 aromatic rings. The maximum Gasteiger partial charge on any atom is 0.269 e. The number of nitro groups is 1. The number of non-ortho nitro benzene ring substituents is 1. The van der Waals surface area contributed by atoms with Gasteiger partial charge in [0.2, 0.25) is 0 Å². The number of rotatable bonds is 5. The molecule has 0 spiro atoms. The molecule has 1 aliphatic rings. The molecule has 0 radical (unpaired) electrons. The fourth-order valence-corrected chi connectivity index (χ4v) is 4.54. The Bertz CT molecular complexity index is 600. The summed E-state index contributed by atoms with van der Waals surface area (Å²) < 4.78 is 23.2. The molecule has 1 aliphatic heterocycles. The normalized spacial score (nSPS) is 22.6. The molecule has 0 bridgehead atoms. The van der Waals surface area contributed by atoms with E-state index in [9.17, 15) is 18.5 Å². The lowest BCUT2D eigenvalue weighted by Gasteiger charge is -2.23. The Balaban J connectivity index is 2.29. The summed E-state index contributed by atoms with van der Waals surface area (Å²) in [5.74, 6) is 0.323. The number of benzene rings is 1. The summed E-state index contributed by atoms with van der Waals surface area (Å²) in [5, 5.41) is 14.1. The Morgan fingerprint density at radius 2 is 2.25 bits per heavy atom. The van der Waals surface area contributed by atoms with Crippen LogP contribution in [0.4, 0.5) is 5.69 Å². The summed E-state index contributed by atoms with van der Waals surface area (Å²) in [7, 11) is -2.97. The highest BCUT2D eigenvalue weighted by atomic mass is 32.2. The summed E-state index contributed by atoms with van der Waals surface area (Å²) in [5.41, 5.74) is 0.814. The van der Waals surface area contributed by atoms with Crippen LogP contribution < -0.4 is 5.32 Å². The van der Waals surface area contributed by atoms with Crippen molar-refractivity contribution < 1.29 is 13.3 Å². The first kappa shape index (κ1) is 14.9. The second-order valence-electron chi connectivity index (χ2n) is 5.05. The van der Waals surface area contributed by atoms with Crippen LogP contribution in [0.5, 0.6) is 0 Å². The van der Waals surface area contributed by atoms with E-state index in [-0.39, 0.29) is 29.2 Å². The van der Waals surface area contributed by atoms with Crippen LogP contribution in [0.15, 0.2) is 24.3 Å². The highest BCUT2D eigenvalue weighted by molar-refractivity contribution is 7.91. The summed E-state index contributed by atoms with van der Waals surface area (Å²) >= 11 is 0. The van der Waals surface area contributed by atoms with E-state index in [4.69, 9.17) is 0 Å². The van der Waals surface area contributed by atoms with Crippen molar-refractivity contribution in [3.8, 4) is 0 Å². The lowest BCUT2D eigenvalue weighted by molar-refractivity contribution is -0.384. The average Bonchev–Trinajstić information content (AvgIpc) is 2.76. The molecule has 0 amide bonds. The maximum absolute atomic E-state index is 11.6. The van der Waals surface area contributed by atoms with Crippen LogP contribution in [0.1, 0.15) is 24.9 Å². The van der Waals surface area contributed by atoms with Gasteiger partial charge in [0, 0.05) is 18.2 Å². The first-order chi connectivity index (χ1) is 9.43. The predicted octanol–water partition coefficient (Wildman–Crippen LogP) is 1.68. The molecule has 1 heterocycles. The molecule has 0 aromatic heterocycles. The van der Waals surface area contributed by atoms with Gasteiger partial charge < -0.3 is 5.32 Å². The molecule has 7 heteroatoms. The zero-order valence-electron chi connectivity index (χ0n) is 11.3. The molecule has 1 fully saturated rings. The van der Waals surface area contributed by atoms with E-state index < -0.39 is 14.8 Å². The van der Waals surface area contributed by atoms with Gasteiger partial charge in [-0.2, -0.15) is 0 Å². The van der Waals surface area contributed by atoms with E-state index in [2.05, 4.69) is 5.32 Å². The third kappa shape index (κ3) is 3.34. The van der Waals surface area contributed by atoms with Crippen molar-refractivity contribution in [3.63, 3.8) is 0 Å². The van der Waals surface area contributed by atoms with E-state index in [1.165, 1.54) is 12.1 Å². The minimum absolute atomic E-state index is 0.0260. The Hall–Kier alpha value is -1.47. The molecular weight excluding hydrogens is 280 g/mol. The zero-order chi connectivity index (χ0) is 14.8. The summed E-state index contributed by atoms with van der Waals surface area (Å²) in [6, 6.07) is 6.26. The second-order valence-corrected chi connectivity index (χ2v) is 7.28. The smallest absolute Gasteiger partial charge is 0.269 e. The van der Waals surface area contributed by atoms with Crippen molar-refractivity contribution in [2.45, 2.75) is 19.4 Å². The van der Waals surface area contributed by atoms with Crippen LogP contribution in [0.2, 0.25) is 0 Å². The van der Waals surface area contributed by atoms with Crippen molar-refractivity contribution in [1.82, 2.24) is 5.32 Å². The van der Waals surface area contributed by atoms with E-state index in [1.807, 2.05) is 13.0 Å². The minimum Gasteiger partial charge on any atom is -0.310 e. The highest BCUT2D eigenvalue weighted by Crippen LogP contribution is 2.32. The van der Waals surface area contributed by atoms with Gasteiger partial charge in [-0.05, 0) is 24.4 Å². The topological polar surface area (TPSA) is 89.3 Å². The van der Waals surface area contributed by atoms with Gasteiger partial charge in [0.15, 0.2) is 9.84 Å². The molecule has 20 heavy (non-hydrogen) atoms. The molecule has 110 valence electrons. The van der Waals surface area contributed by atoms with Crippen LogP contribution >= 0.6 is 0 Å². The van der Waals surface area contributed by atoms with Crippen LogP contribution in [-0.4, -0.2) is 31.4 Å². The third-order valence-electron chi connectivity index (χ3n) is 3.60. The molecule has 2 unspecified atom stereocenters. The number of nitrogens with one attached hydrogen (secondary N) is 1. The molecule has 0 saturated carbocycles. The maximum atomic E-state index is 11.6. The van der Waals surface area contributed by atoms with Gasteiger partial charge in [-0.1, -0.05) is 19.1 Å². The van der Waals surface area contributed by atoms with Crippen LogP contribution in [-0.2, 0) is 9.84 Å². The predicted molar refractivity (Wildman–Crippen MR) is 76.3 cm³/mol. The van der Waals surface area contributed by atoms with Gasteiger partial charge in [-0.25, -0.2) is 8.42 Å².